The second-order valence-corrected chi connectivity index (χ2v) is 8.64. The summed E-state index contributed by atoms with van der Waals surface area (Å²) >= 11 is 0. The van der Waals surface area contributed by atoms with Crippen molar-refractivity contribution >= 4 is 11.8 Å². The number of Topliss-reactive ketones (excluding diaryl/α,β-unsaturated/α-hetero) is 1. The lowest BCUT2D eigenvalue weighted by atomic mass is 9.68. The van der Waals surface area contributed by atoms with Crippen LogP contribution in [0.1, 0.15) is 50.7 Å². The number of carbonyl (C=O) groups excluding carboxylic acids is 2. The molecule has 2 aliphatic rings. The van der Waals surface area contributed by atoms with Gasteiger partial charge in [0.05, 0.1) is 17.7 Å². The summed E-state index contributed by atoms with van der Waals surface area (Å²) in [5.41, 5.74) is -0.174. The van der Waals surface area contributed by atoms with Crippen molar-refractivity contribution in [3.8, 4) is 0 Å². The van der Waals surface area contributed by atoms with Crippen LogP contribution in [0.15, 0.2) is 46.8 Å². The van der Waals surface area contributed by atoms with Crippen LogP contribution in [0.5, 0.6) is 0 Å². The van der Waals surface area contributed by atoms with Gasteiger partial charge >= 0.3 is 12.1 Å². The second kappa shape index (κ2) is 8.49. The molecule has 1 aromatic rings. The molecule has 1 aromatic carbocycles. The normalized spacial score (nSPS) is 21.0. The van der Waals surface area contributed by atoms with Crippen LogP contribution in [0.3, 0.4) is 0 Å². The first-order valence-electron chi connectivity index (χ1n) is 10.0. The fraction of sp³-hybridized carbons (Fsp3) is 0.478. The highest BCUT2D eigenvalue weighted by Gasteiger charge is 2.46. The number of nitrogens with one attached hydrogen (secondary N) is 1. The molecule has 1 aliphatic carbocycles. The summed E-state index contributed by atoms with van der Waals surface area (Å²) in [6.07, 6.45) is -3.97. The average Bonchev–Trinajstić information content (AvgIpc) is 2.65. The fourth-order valence-corrected chi connectivity index (χ4v) is 4.32. The van der Waals surface area contributed by atoms with Crippen LogP contribution < -0.4 is 5.32 Å². The number of carbonyl (C=O) groups is 2. The highest BCUT2D eigenvalue weighted by molar-refractivity contribution is 6.04. The molecule has 5 nitrogen and oxygen atoms in total. The van der Waals surface area contributed by atoms with Crippen LogP contribution in [-0.2, 0) is 25.2 Å². The zero-order valence-electron chi connectivity index (χ0n) is 18.0. The Hall–Kier alpha value is -2.61. The Morgan fingerprint density at radius 3 is 2.52 bits per heavy atom. The molecule has 0 amide bonds. The van der Waals surface area contributed by atoms with Gasteiger partial charge in [0.2, 0.25) is 0 Å². The van der Waals surface area contributed by atoms with Crippen molar-refractivity contribution in [2.75, 3.05) is 20.3 Å². The third-order valence-corrected chi connectivity index (χ3v) is 5.56. The minimum atomic E-state index is -4.64. The van der Waals surface area contributed by atoms with Gasteiger partial charge in [-0.3, -0.25) is 4.79 Å². The van der Waals surface area contributed by atoms with Crippen LogP contribution in [0, 0.1) is 5.41 Å². The maximum atomic E-state index is 13.9. The second-order valence-electron chi connectivity index (χ2n) is 8.64. The number of ketones is 1. The minimum Gasteiger partial charge on any atom is -0.460 e. The first kappa shape index (κ1) is 23.1. The quantitative estimate of drug-likeness (QED) is 0.543. The number of hydrogen-bond donors (Lipinski definition) is 1. The van der Waals surface area contributed by atoms with Gasteiger partial charge < -0.3 is 14.8 Å². The first-order valence-corrected chi connectivity index (χ1v) is 10.0. The third-order valence-electron chi connectivity index (χ3n) is 5.56. The number of dihydropyridines is 1. The Morgan fingerprint density at radius 1 is 1.19 bits per heavy atom. The number of alkyl halides is 3. The van der Waals surface area contributed by atoms with Crippen molar-refractivity contribution < 1.29 is 32.2 Å². The molecular weight excluding hydrogens is 411 g/mol. The molecule has 0 fully saturated rings. The molecule has 0 radical (unpaired) electrons. The van der Waals surface area contributed by atoms with E-state index in [0.717, 1.165) is 6.07 Å². The molecule has 0 aromatic heterocycles. The van der Waals surface area contributed by atoms with E-state index >= 15 is 0 Å². The molecule has 168 valence electrons. The van der Waals surface area contributed by atoms with Gasteiger partial charge in [-0.1, -0.05) is 32.0 Å². The third kappa shape index (κ3) is 4.69. The molecule has 0 spiro atoms. The lowest BCUT2D eigenvalue weighted by Crippen LogP contribution is -2.39. The Balaban J connectivity index is 2.19. The highest BCUT2D eigenvalue weighted by Crippen LogP contribution is 2.49. The van der Waals surface area contributed by atoms with Gasteiger partial charge in [0.25, 0.3) is 0 Å². The van der Waals surface area contributed by atoms with Crippen molar-refractivity contribution in [3.05, 3.63) is 57.9 Å². The highest BCUT2D eigenvalue weighted by atomic mass is 19.4. The predicted octanol–water partition coefficient (Wildman–Crippen LogP) is 4.50. The summed E-state index contributed by atoms with van der Waals surface area (Å²) < 4.78 is 51.7. The molecule has 0 bridgehead atoms. The molecule has 1 N–H and O–H groups in total. The zero-order valence-corrected chi connectivity index (χ0v) is 18.0. The molecule has 0 unspecified atom stereocenters. The Bertz CT molecular complexity index is 960. The fourth-order valence-electron chi connectivity index (χ4n) is 4.32. The van der Waals surface area contributed by atoms with Crippen molar-refractivity contribution in [1.82, 2.24) is 5.32 Å². The number of ether oxygens (including phenoxy) is 2. The van der Waals surface area contributed by atoms with E-state index < -0.39 is 23.6 Å². The lowest BCUT2D eigenvalue weighted by molar-refractivity contribution is -0.142. The number of hydrogen-bond acceptors (Lipinski definition) is 5. The van der Waals surface area contributed by atoms with Crippen molar-refractivity contribution in [1.29, 1.82) is 0 Å². The van der Waals surface area contributed by atoms with Crippen LogP contribution in [0.4, 0.5) is 13.2 Å². The first-order chi connectivity index (χ1) is 14.5. The minimum absolute atomic E-state index is 0.0135. The summed E-state index contributed by atoms with van der Waals surface area (Å²) in [6.45, 7) is 5.58. The van der Waals surface area contributed by atoms with Crippen LogP contribution in [-0.4, -0.2) is 32.1 Å². The van der Waals surface area contributed by atoms with E-state index in [1.54, 1.807) is 6.92 Å². The lowest BCUT2D eigenvalue weighted by Gasteiger charge is -2.40. The number of benzene rings is 1. The topological polar surface area (TPSA) is 64.6 Å². The van der Waals surface area contributed by atoms with E-state index in [2.05, 4.69) is 5.32 Å². The van der Waals surface area contributed by atoms with Gasteiger partial charge in [0.1, 0.15) is 6.61 Å². The zero-order chi connectivity index (χ0) is 23.0. The van der Waals surface area contributed by atoms with Crippen LogP contribution in [0.2, 0.25) is 0 Å². The summed E-state index contributed by atoms with van der Waals surface area (Å²) in [7, 11) is 1.45. The monoisotopic (exact) mass is 437 g/mol. The SMILES string of the molecule is COCCOC(=O)C1=C(C)NC2=C(C(=O)CC(C)(C)C2)[C@@H]1c1ccccc1C(F)(F)F. The molecule has 1 atom stereocenters. The molecule has 8 heteroatoms. The summed E-state index contributed by atoms with van der Waals surface area (Å²) in [4.78, 5) is 26.1. The Labute approximate surface area is 179 Å². The van der Waals surface area contributed by atoms with Crippen molar-refractivity contribution in [3.63, 3.8) is 0 Å². The van der Waals surface area contributed by atoms with Gasteiger partial charge in [0, 0.05) is 36.4 Å². The van der Waals surface area contributed by atoms with Gasteiger partial charge in [-0.05, 0) is 30.4 Å². The Kier molecular flexibility index (Phi) is 6.32. The molecule has 1 aliphatic heterocycles. The summed E-state index contributed by atoms with van der Waals surface area (Å²) in [5.74, 6) is -2.20. The van der Waals surface area contributed by atoms with Gasteiger partial charge in [-0.2, -0.15) is 13.2 Å². The molecule has 0 saturated carbocycles. The largest absolute Gasteiger partial charge is 0.460 e. The predicted molar refractivity (Wildman–Crippen MR) is 108 cm³/mol. The number of allylic oxidation sites excluding steroid dienone is 3. The standard InChI is InChI=1S/C23H26F3NO4/c1-13-18(21(29)31-10-9-30-4)19(14-7-5-6-8-15(14)23(24,25)26)20-16(27-13)11-22(2,3)12-17(20)28/h5-8,19,27H,9-12H2,1-4H3/t19-/m1/s1. The Morgan fingerprint density at radius 2 is 1.87 bits per heavy atom. The van der Waals surface area contributed by atoms with Crippen LogP contribution >= 0.6 is 0 Å². The van der Waals surface area contributed by atoms with E-state index in [-0.39, 0.29) is 47.5 Å². The summed E-state index contributed by atoms with van der Waals surface area (Å²) in [5, 5.41) is 3.11. The van der Waals surface area contributed by atoms with Crippen LogP contribution in [0.25, 0.3) is 0 Å². The van der Waals surface area contributed by atoms with E-state index in [4.69, 9.17) is 9.47 Å². The number of rotatable bonds is 5. The maximum absolute atomic E-state index is 13.9. The molecule has 31 heavy (non-hydrogen) atoms. The van der Waals surface area contributed by atoms with E-state index in [0.29, 0.717) is 17.8 Å². The smallest absolute Gasteiger partial charge is 0.416 e. The van der Waals surface area contributed by atoms with Crippen molar-refractivity contribution in [2.24, 2.45) is 5.41 Å². The molecular formula is C23H26F3NO4. The van der Waals surface area contributed by atoms with Gasteiger partial charge in [-0.15, -0.1) is 0 Å². The molecule has 1 heterocycles. The maximum Gasteiger partial charge on any atom is 0.416 e. The van der Waals surface area contributed by atoms with E-state index in [1.807, 2.05) is 13.8 Å². The number of halogens is 3. The summed E-state index contributed by atoms with van der Waals surface area (Å²) in [6, 6.07) is 5.07. The number of esters is 1. The van der Waals surface area contributed by atoms with Gasteiger partial charge in [0.15, 0.2) is 5.78 Å². The molecule has 0 saturated heterocycles. The van der Waals surface area contributed by atoms with Gasteiger partial charge in [-0.25, -0.2) is 4.79 Å². The average molecular weight is 437 g/mol. The van der Waals surface area contributed by atoms with E-state index in [1.165, 1.54) is 25.3 Å². The van der Waals surface area contributed by atoms with E-state index in [9.17, 15) is 22.8 Å². The number of methoxy groups -OCH3 is 1. The molecule has 3 rings (SSSR count). The van der Waals surface area contributed by atoms with Crippen molar-refractivity contribution in [2.45, 2.75) is 45.7 Å².